The van der Waals surface area contributed by atoms with Crippen molar-refractivity contribution in [3.05, 3.63) is 82.0 Å². The number of aromatic nitrogens is 2. The second-order valence-electron chi connectivity index (χ2n) is 10.2. The second-order valence-corrected chi connectivity index (χ2v) is 10.2. The van der Waals surface area contributed by atoms with Crippen molar-refractivity contribution in [2.45, 2.75) is 45.2 Å². The summed E-state index contributed by atoms with van der Waals surface area (Å²) in [5, 5.41) is 8.50. The van der Waals surface area contributed by atoms with E-state index in [2.05, 4.69) is 17.9 Å². The Balaban J connectivity index is 1.72. The van der Waals surface area contributed by atoms with Crippen LogP contribution in [0.5, 0.6) is 0 Å². The van der Waals surface area contributed by atoms with E-state index in [9.17, 15) is 9.18 Å². The normalized spacial score (nSPS) is 18.9. The summed E-state index contributed by atoms with van der Waals surface area (Å²) in [6.45, 7) is 6.28. The number of carbonyl (C=O) groups excluding carboxylic acids is 1. The molecule has 0 bridgehead atoms. The molecule has 1 saturated heterocycles. The predicted octanol–water partition coefficient (Wildman–Crippen LogP) is 3.67. The summed E-state index contributed by atoms with van der Waals surface area (Å²) in [6, 6.07) is 9.48. The van der Waals surface area contributed by atoms with Gasteiger partial charge in [0.1, 0.15) is 5.82 Å². The fraction of sp³-hybridized carbons (Fsp3) is 0.429. The maximum atomic E-state index is 14.2. The van der Waals surface area contributed by atoms with Crippen molar-refractivity contribution in [3.63, 3.8) is 0 Å². The maximum Gasteiger partial charge on any atom is 0.249 e. The molecule has 1 amide bonds. The van der Waals surface area contributed by atoms with E-state index in [0.717, 1.165) is 41.8 Å². The number of primary amides is 1. The number of ether oxygens (including phenoxy) is 1. The average Bonchev–Trinajstić information content (AvgIpc) is 3.64. The third kappa shape index (κ3) is 4.57. The van der Waals surface area contributed by atoms with Gasteiger partial charge in [0.15, 0.2) is 0 Å². The monoisotopic (exact) mass is 491 g/mol. The highest BCUT2D eigenvalue weighted by atomic mass is 19.1. The number of rotatable bonds is 7. The highest BCUT2D eigenvalue weighted by Gasteiger charge is 2.37. The fourth-order valence-corrected chi connectivity index (χ4v) is 5.48. The third-order valence-electron chi connectivity index (χ3n) is 7.58. The number of amides is 1. The van der Waals surface area contributed by atoms with E-state index in [-0.39, 0.29) is 17.8 Å². The van der Waals surface area contributed by atoms with E-state index < -0.39 is 5.91 Å². The number of nitrogens with zero attached hydrogens (tertiary/aromatic N) is 3. The lowest BCUT2D eigenvalue weighted by molar-refractivity contribution is 0.0987. The summed E-state index contributed by atoms with van der Waals surface area (Å²) in [6.07, 6.45) is 5.83. The van der Waals surface area contributed by atoms with Crippen LogP contribution in [0.15, 0.2) is 42.7 Å². The number of aryl methyl sites for hydroxylation is 2. The molecule has 2 fully saturated rings. The first kappa shape index (κ1) is 24.3. The summed E-state index contributed by atoms with van der Waals surface area (Å²) in [4.78, 5) is 15.2. The van der Waals surface area contributed by atoms with Gasteiger partial charge in [-0.15, -0.1) is 0 Å². The zero-order chi connectivity index (χ0) is 25.6. The molecule has 7 nitrogen and oxygen atoms in total. The minimum absolute atomic E-state index is 0.0727. The van der Waals surface area contributed by atoms with E-state index in [1.54, 1.807) is 11.5 Å². The lowest BCUT2D eigenvalue weighted by atomic mass is 9.80. The van der Waals surface area contributed by atoms with E-state index in [1.807, 2.05) is 42.2 Å². The lowest BCUT2D eigenvalue weighted by Gasteiger charge is -2.36. The van der Waals surface area contributed by atoms with Crippen LogP contribution in [0.25, 0.3) is 0 Å². The fourth-order valence-electron chi connectivity index (χ4n) is 5.48. The summed E-state index contributed by atoms with van der Waals surface area (Å²) < 4.78 is 23.4. The number of hydrogen-bond acceptors (Lipinski definition) is 4. The highest BCUT2D eigenvalue weighted by Crippen LogP contribution is 2.49. The molecule has 2 atom stereocenters. The number of benzene rings is 2. The first-order valence-electron chi connectivity index (χ1n) is 12.6. The van der Waals surface area contributed by atoms with Crippen LogP contribution < -0.4 is 16.3 Å². The predicted molar refractivity (Wildman–Crippen MR) is 137 cm³/mol. The van der Waals surface area contributed by atoms with Gasteiger partial charge in [-0.2, -0.15) is 0 Å². The molecule has 36 heavy (non-hydrogen) atoms. The van der Waals surface area contributed by atoms with Gasteiger partial charge in [0.2, 0.25) is 11.5 Å². The Morgan fingerprint density at radius 2 is 2.03 bits per heavy atom. The van der Waals surface area contributed by atoms with Crippen LogP contribution in [-0.4, -0.2) is 40.8 Å². The zero-order valence-electron chi connectivity index (χ0n) is 21.1. The molecule has 0 radical (unpaired) electrons. The van der Waals surface area contributed by atoms with Crippen molar-refractivity contribution >= 4 is 11.6 Å². The topological polar surface area (TPSA) is 89.3 Å². The smallest absolute Gasteiger partial charge is 0.249 e. The van der Waals surface area contributed by atoms with Crippen LogP contribution in [0, 0.1) is 24.1 Å². The molecule has 3 N–H and O–H groups in total. The van der Waals surface area contributed by atoms with Gasteiger partial charge in [0.05, 0.1) is 19.8 Å². The quantitative estimate of drug-likeness (QED) is 0.529. The van der Waals surface area contributed by atoms with Crippen LogP contribution in [0.2, 0.25) is 0 Å². The zero-order valence-corrected chi connectivity index (χ0v) is 21.1. The van der Waals surface area contributed by atoms with Crippen molar-refractivity contribution in [1.29, 1.82) is 5.41 Å². The number of anilines is 1. The van der Waals surface area contributed by atoms with Gasteiger partial charge < -0.3 is 24.5 Å². The third-order valence-corrected chi connectivity index (χ3v) is 7.58. The molecule has 2 aliphatic rings. The molecule has 2 heterocycles. The second kappa shape index (κ2) is 9.58. The van der Waals surface area contributed by atoms with Crippen molar-refractivity contribution in [3.8, 4) is 0 Å². The Labute approximate surface area is 210 Å². The summed E-state index contributed by atoms with van der Waals surface area (Å²) in [7, 11) is 1.84. The van der Waals surface area contributed by atoms with Gasteiger partial charge in [0.25, 0.3) is 0 Å². The molecule has 1 aromatic heterocycles. The van der Waals surface area contributed by atoms with E-state index in [1.165, 1.54) is 6.07 Å². The minimum Gasteiger partial charge on any atom is -0.377 e. The number of nitrogens with two attached hydrogens (primary N) is 1. The Morgan fingerprint density at radius 1 is 1.25 bits per heavy atom. The molecular weight excluding hydrogens is 457 g/mol. The maximum absolute atomic E-state index is 14.2. The molecule has 1 aliphatic heterocycles. The number of hydrogen-bond donors (Lipinski definition) is 2. The van der Waals surface area contributed by atoms with Gasteiger partial charge in [-0.25, -0.2) is 4.39 Å². The van der Waals surface area contributed by atoms with Gasteiger partial charge in [-0.1, -0.05) is 12.1 Å². The van der Waals surface area contributed by atoms with E-state index in [0.29, 0.717) is 42.4 Å². The van der Waals surface area contributed by atoms with Gasteiger partial charge in [0, 0.05) is 49.2 Å². The van der Waals surface area contributed by atoms with Crippen molar-refractivity contribution < 1.29 is 13.9 Å². The molecule has 0 spiro atoms. The van der Waals surface area contributed by atoms with Gasteiger partial charge in [-0.05, 0) is 73.1 Å². The largest absolute Gasteiger partial charge is 0.377 e. The molecule has 190 valence electrons. The number of morpholine rings is 1. The number of imidazole rings is 1. The van der Waals surface area contributed by atoms with Crippen LogP contribution >= 0.6 is 0 Å². The van der Waals surface area contributed by atoms with Crippen LogP contribution in [0.4, 0.5) is 10.1 Å². The number of carbonyl (C=O) groups is 1. The van der Waals surface area contributed by atoms with Crippen molar-refractivity contribution in [2.24, 2.45) is 18.7 Å². The van der Waals surface area contributed by atoms with E-state index >= 15 is 0 Å². The molecule has 2 aromatic carbocycles. The minimum atomic E-state index is -0.470. The Hall–Kier alpha value is -3.39. The number of halogens is 1. The Bertz CT molecular complexity index is 1360. The first-order valence-corrected chi connectivity index (χ1v) is 12.6. The molecular formula is C28H34FN5O2. The van der Waals surface area contributed by atoms with Gasteiger partial charge in [-0.3, -0.25) is 10.2 Å². The molecule has 1 saturated carbocycles. The van der Waals surface area contributed by atoms with Crippen LogP contribution in [-0.2, 0) is 18.3 Å². The molecule has 8 heteroatoms. The SMILES string of the molecule is Cc1cc([C@@H](c2c(Cn3ccn(C)c3=N)cc(N3CCOC[C@H]3C)cc2C(N)=O)C2CC2)ccc1F. The van der Waals surface area contributed by atoms with Crippen molar-refractivity contribution in [2.75, 3.05) is 24.7 Å². The molecule has 1 aliphatic carbocycles. The lowest BCUT2D eigenvalue weighted by Crippen LogP contribution is -2.44. The highest BCUT2D eigenvalue weighted by molar-refractivity contribution is 5.96. The standard InChI is InChI=1S/C28H34FN5O2/c1-17-12-20(6-7-24(17)29)25(19-4-5-19)26-21(15-33-9-8-32(3)28(33)31)13-22(14-23(26)27(30)35)34-10-11-36-16-18(34)2/h6-9,12-14,18-19,25,31H,4-5,10-11,15-16H2,1-3H3,(H2,30,35)/t18-,25+/m1/s1. The first-order chi connectivity index (χ1) is 17.2. The van der Waals surface area contributed by atoms with Crippen molar-refractivity contribution in [1.82, 2.24) is 9.13 Å². The summed E-state index contributed by atoms with van der Waals surface area (Å²) in [5.41, 5.74) is 11.3. The average molecular weight is 492 g/mol. The summed E-state index contributed by atoms with van der Waals surface area (Å²) in [5.74, 6) is -0.422. The Morgan fingerprint density at radius 3 is 2.64 bits per heavy atom. The molecule has 3 aromatic rings. The molecule has 0 unspecified atom stereocenters. The number of nitrogens with one attached hydrogen (secondary N) is 1. The Kier molecular flexibility index (Phi) is 6.47. The molecule has 5 rings (SSSR count). The summed E-state index contributed by atoms with van der Waals surface area (Å²) >= 11 is 0. The van der Waals surface area contributed by atoms with Crippen LogP contribution in [0.1, 0.15) is 58.3 Å². The van der Waals surface area contributed by atoms with E-state index in [4.69, 9.17) is 15.9 Å². The van der Waals surface area contributed by atoms with Gasteiger partial charge >= 0.3 is 0 Å². The van der Waals surface area contributed by atoms with Crippen LogP contribution in [0.3, 0.4) is 0 Å².